The van der Waals surface area contributed by atoms with Crippen LogP contribution in [0.15, 0.2) is 108 Å². The highest BCUT2D eigenvalue weighted by molar-refractivity contribution is 6.04. The topological polar surface area (TPSA) is 94.3 Å². The number of hydrogen-bond donors (Lipinski definition) is 1. The maximum Gasteiger partial charge on any atom is 0.343 e. The highest BCUT2D eigenvalue weighted by Crippen LogP contribution is 2.26. The Kier molecular flexibility index (Phi) is 6.36. The lowest BCUT2D eigenvalue weighted by Gasteiger charge is -2.08. The second-order valence-electron chi connectivity index (χ2n) is 8.04. The summed E-state index contributed by atoms with van der Waals surface area (Å²) >= 11 is 0. The van der Waals surface area contributed by atoms with Gasteiger partial charge in [0.15, 0.2) is 0 Å². The van der Waals surface area contributed by atoms with Crippen molar-refractivity contribution in [1.82, 2.24) is 10.2 Å². The lowest BCUT2D eigenvalue weighted by Crippen LogP contribution is -2.12. The van der Waals surface area contributed by atoms with Crippen LogP contribution in [-0.4, -0.2) is 22.1 Å². The van der Waals surface area contributed by atoms with E-state index >= 15 is 0 Å². The molecule has 176 valence electrons. The van der Waals surface area contributed by atoms with Crippen LogP contribution in [0.1, 0.15) is 26.3 Å². The summed E-state index contributed by atoms with van der Waals surface area (Å²) < 4.78 is 11.3. The Labute approximate surface area is 207 Å². The van der Waals surface area contributed by atoms with Crippen LogP contribution in [0.4, 0.5) is 5.69 Å². The standard InChI is InChI=1S/C29H21N3O4/c1-19-7-5-6-10-25(19)28-32-31-27(36-28)21-11-13-22(14-12-21)29(34)35-24-17-15-23(16-18-24)30-26(33)20-8-3-2-4-9-20/h2-18H,1H3,(H,30,33). The van der Waals surface area contributed by atoms with Crippen molar-refractivity contribution in [3.63, 3.8) is 0 Å². The number of nitrogens with one attached hydrogen (secondary N) is 1. The van der Waals surface area contributed by atoms with E-state index < -0.39 is 5.97 Å². The summed E-state index contributed by atoms with van der Waals surface area (Å²) in [6, 6.07) is 30.0. The van der Waals surface area contributed by atoms with Crippen LogP contribution in [0.25, 0.3) is 22.9 Å². The molecule has 7 heteroatoms. The number of aryl methyl sites for hydroxylation is 1. The summed E-state index contributed by atoms with van der Waals surface area (Å²) in [6.45, 7) is 1.98. The molecule has 0 aliphatic heterocycles. The molecular weight excluding hydrogens is 454 g/mol. The van der Waals surface area contributed by atoms with Crippen LogP contribution < -0.4 is 10.1 Å². The zero-order chi connectivity index (χ0) is 24.9. The van der Waals surface area contributed by atoms with Gasteiger partial charge in [0, 0.05) is 22.4 Å². The number of carbonyl (C=O) groups is 2. The zero-order valence-electron chi connectivity index (χ0n) is 19.3. The van der Waals surface area contributed by atoms with Crippen LogP contribution >= 0.6 is 0 Å². The van der Waals surface area contributed by atoms with Crippen LogP contribution in [-0.2, 0) is 0 Å². The second kappa shape index (κ2) is 10.1. The maximum absolute atomic E-state index is 12.6. The molecule has 7 nitrogen and oxygen atoms in total. The third kappa shape index (κ3) is 5.05. The molecule has 5 aromatic rings. The van der Waals surface area contributed by atoms with Gasteiger partial charge in [-0.1, -0.05) is 36.4 Å². The summed E-state index contributed by atoms with van der Waals surface area (Å²) in [6.07, 6.45) is 0. The molecule has 0 bridgehead atoms. The summed E-state index contributed by atoms with van der Waals surface area (Å²) in [5.41, 5.74) is 4.14. The van der Waals surface area contributed by atoms with Crippen molar-refractivity contribution in [1.29, 1.82) is 0 Å². The number of rotatable bonds is 6. The molecule has 0 saturated carbocycles. The van der Waals surface area contributed by atoms with Gasteiger partial charge >= 0.3 is 5.97 Å². The van der Waals surface area contributed by atoms with Gasteiger partial charge in [-0.15, -0.1) is 10.2 Å². The Morgan fingerprint density at radius 1 is 0.722 bits per heavy atom. The lowest BCUT2D eigenvalue weighted by molar-refractivity contribution is 0.0734. The van der Waals surface area contributed by atoms with Gasteiger partial charge in [0.05, 0.1) is 5.56 Å². The molecule has 1 amide bonds. The van der Waals surface area contributed by atoms with E-state index in [0.717, 1.165) is 11.1 Å². The van der Waals surface area contributed by atoms with Crippen LogP contribution in [0, 0.1) is 6.92 Å². The summed E-state index contributed by atoms with van der Waals surface area (Å²) in [5, 5.41) is 11.1. The van der Waals surface area contributed by atoms with Crippen molar-refractivity contribution in [3.05, 3.63) is 120 Å². The molecule has 1 N–H and O–H groups in total. The number of anilines is 1. The maximum atomic E-state index is 12.6. The molecule has 36 heavy (non-hydrogen) atoms. The van der Waals surface area contributed by atoms with Gasteiger partial charge in [-0.3, -0.25) is 4.79 Å². The van der Waals surface area contributed by atoms with E-state index in [4.69, 9.17) is 9.15 Å². The minimum Gasteiger partial charge on any atom is -0.423 e. The summed E-state index contributed by atoms with van der Waals surface area (Å²) in [7, 11) is 0. The molecule has 0 unspecified atom stereocenters. The molecule has 1 heterocycles. The molecule has 1 aromatic heterocycles. The van der Waals surface area contributed by atoms with E-state index in [9.17, 15) is 9.59 Å². The first-order chi connectivity index (χ1) is 17.6. The molecule has 0 spiro atoms. The van der Waals surface area contributed by atoms with E-state index in [0.29, 0.717) is 39.9 Å². The molecular formula is C29H21N3O4. The Hall–Kier alpha value is -5.04. The quantitative estimate of drug-likeness (QED) is 0.233. The average molecular weight is 476 g/mol. The van der Waals surface area contributed by atoms with Crippen molar-refractivity contribution < 1.29 is 18.7 Å². The largest absolute Gasteiger partial charge is 0.423 e. The SMILES string of the molecule is Cc1ccccc1-c1nnc(-c2ccc(C(=O)Oc3ccc(NC(=O)c4ccccc4)cc3)cc2)o1. The summed E-state index contributed by atoms with van der Waals surface area (Å²) in [5.74, 6) is 0.444. The molecule has 5 rings (SSSR count). The molecule has 0 atom stereocenters. The number of ether oxygens (including phenoxy) is 1. The third-order valence-corrected chi connectivity index (χ3v) is 5.53. The summed E-state index contributed by atoms with van der Waals surface area (Å²) in [4.78, 5) is 24.9. The minimum atomic E-state index is -0.506. The lowest BCUT2D eigenvalue weighted by atomic mass is 10.1. The number of esters is 1. The Morgan fingerprint density at radius 3 is 2.11 bits per heavy atom. The van der Waals surface area contributed by atoms with E-state index in [1.807, 2.05) is 37.3 Å². The Morgan fingerprint density at radius 2 is 1.39 bits per heavy atom. The van der Waals surface area contributed by atoms with Crippen molar-refractivity contribution >= 4 is 17.6 Å². The predicted molar refractivity (Wildman–Crippen MR) is 136 cm³/mol. The van der Waals surface area contributed by atoms with Crippen molar-refractivity contribution in [2.45, 2.75) is 6.92 Å². The molecule has 0 saturated heterocycles. The van der Waals surface area contributed by atoms with Gasteiger partial charge in [-0.05, 0) is 79.2 Å². The molecule has 0 radical (unpaired) electrons. The first-order valence-electron chi connectivity index (χ1n) is 11.3. The van der Waals surface area contributed by atoms with Crippen LogP contribution in [0.3, 0.4) is 0 Å². The Balaban J connectivity index is 1.22. The van der Waals surface area contributed by atoms with E-state index in [2.05, 4.69) is 15.5 Å². The number of benzene rings is 4. The highest BCUT2D eigenvalue weighted by Gasteiger charge is 2.14. The van der Waals surface area contributed by atoms with E-state index in [1.54, 1.807) is 72.8 Å². The molecule has 0 fully saturated rings. The van der Waals surface area contributed by atoms with E-state index in [1.165, 1.54) is 0 Å². The normalized spacial score (nSPS) is 10.6. The fourth-order valence-electron chi connectivity index (χ4n) is 3.58. The number of aromatic nitrogens is 2. The second-order valence-corrected chi connectivity index (χ2v) is 8.04. The highest BCUT2D eigenvalue weighted by atomic mass is 16.5. The van der Waals surface area contributed by atoms with Crippen molar-refractivity contribution in [2.75, 3.05) is 5.32 Å². The number of nitrogens with zero attached hydrogens (tertiary/aromatic N) is 2. The van der Waals surface area contributed by atoms with Crippen LogP contribution in [0.2, 0.25) is 0 Å². The Bertz CT molecular complexity index is 1510. The predicted octanol–water partition coefficient (Wildman–Crippen LogP) is 6.18. The smallest absolute Gasteiger partial charge is 0.343 e. The first-order valence-corrected chi connectivity index (χ1v) is 11.3. The molecule has 0 aliphatic carbocycles. The minimum absolute atomic E-state index is 0.215. The number of hydrogen-bond acceptors (Lipinski definition) is 6. The number of amides is 1. The average Bonchev–Trinajstić information content (AvgIpc) is 3.41. The van der Waals surface area contributed by atoms with E-state index in [-0.39, 0.29) is 5.91 Å². The number of carbonyl (C=O) groups excluding carboxylic acids is 2. The fourth-order valence-corrected chi connectivity index (χ4v) is 3.58. The van der Waals surface area contributed by atoms with Gasteiger partial charge in [0.2, 0.25) is 11.8 Å². The monoisotopic (exact) mass is 475 g/mol. The first kappa shape index (κ1) is 22.7. The molecule has 4 aromatic carbocycles. The van der Waals surface area contributed by atoms with Gasteiger partial charge in [-0.2, -0.15) is 0 Å². The van der Waals surface area contributed by atoms with Crippen LogP contribution in [0.5, 0.6) is 5.75 Å². The van der Waals surface area contributed by atoms with Gasteiger partial charge in [-0.25, -0.2) is 4.79 Å². The fraction of sp³-hybridized carbons (Fsp3) is 0.0345. The zero-order valence-corrected chi connectivity index (χ0v) is 19.3. The van der Waals surface area contributed by atoms with Crippen molar-refractivity contribution in [3.8, 4) is 28.7 Å². The third-order valence-electron chi connectivity index (χ3n) is 5.53. The van der Waals surface area contributed by atoms with Gasteiger partial charge < -0.3 is 14.5 Å². The van der Waals surface area contributed by atoms with Gasteiger partial charge in [0.1, 0.15) is 5.75 Å². The van der Waals surface area contributed by atoms with Crippen molar-refractivity contribution in [2.24, 2.45) is 0 Å². The van der Waals surface area contributed by atoms with Gasteiger partial charge in [0.25, 0.3) is 5.91 Å². The molecule has 0 aliphatic rings.